The molecule has 0 saturated heterocycles. The van der Waals surface area contributed by atoms with Crippen LogP contribution in [0.2, 0.25) is 0 Å². The molecule has 2 heterocycles. The van der Waals surface area contributed by atoms with Crippen LogP contribution in [-0.2, 0) is 5.60 Å². The third kappa shape index (κ3) is 1.78. The normalized spacial score (nSPS) is 15.1. The van der Waals surface area contributed by atoms with E-state index in [9.17, 15) is 18.3 Å². The third-order valence-corrected chi connectivity index (χ3v) is 2.85. The number of hydrogen-bond donors (Lipinski definition) is 2. The first-order chi connectivity index (χ1) is 9.23. The highest BCUT2D eigenvalue weighted by molar-refractivity contribution is 5.48. The average molecular weight is 288 g/mol. The molecule has 1 unspecified atom stereocenters. The minimum Gasteiger partial charge on any atom is -0.370 e. The van der Waals surface area contributed by atoms with Crippen molar-refractivity contribution in [3.8, 4) is 0 Å². The second kappa shape index (κ2) is 4.37. The van der Waals surface area contributed by atoms with Gasteiger partial charge in [-0.05, 0) is 6.92 Å². The molecule has 0 aliphatic carbocycles. The van der Waals surface area contributed by atoms with Crippen molar-refractivity contribution in [3.63, 3.8) is 0 Å². The van der Waals surface area contributed by atoms with E-state index in [1.54, 1.807) is 0 Å². The number of nitrogen functional groups attached to an aromatic ring is 1. The Balaban J connectivity index is 2.80. The SMILES string of the molecule is C=Cn1ccnc1C(O)(c1c(C)noc1N)C(F)(F)F. The van der Waals surface area contributed by atoms with E-state index in [1.165, 1.54) is 13.1 Å². The number of anilines is 1. The smallest absolute Gasteiger partial charge is 0.370 e. The van der Waals surface area contributed by atoms with Gasteiger partial charge in [0.05, 0.1) is 11.3 Å². The Hall–Kier alpha value is -2.29. The largest absolute Gasteiger partial charge is 0.429 e. The minimum atomic E-state index is -5.08. The lowest BCUT2D eigenvalue weighted by Crippen LogP contribution is -2.45. The zero-order valence-corrected chi connectivity index (χ0v) is 10.3. The van der Waals surface area contributed by atoms with Gasteiger partial charge in [0.25, 0.3) is 5.60 Å². The highest BCUT2D eigenvalue weighted by atomic mass is 19.4. The fraction of sp³-hybridized carbons (Fsp3) is 0.273. The second-order valence-corrected chi connectivity index (χ2v) is 4.06. The Morgan fingerprint density at radius 1 is 1.50 bits per heavy atom. The van der Waals surface area contributed by atoms with E-state index in [0.29, 0.717) is 0 Å². The molecule has 0 spiro atoms. The summed E-state index contributed by atoms with van der Waals surface area (Å²) in [5, 5.41) is 13.6. The number of nitrogens with zero attached hydrogens (tertiary/aromatic N) is 3. The quantitative estimate of drug-likeness (QED) is 0.896. The molecule has 3 N–H and O–H groups in total. The zero-order valence-electron chi connectivity index (χ0n) is 10.3. The van der Waals surface area contributed by atoms with Crippen LogP contribution < -0.4 is 5.73 Å². The van der Waals surface area contributed by atoms with E-state index in [2.05, 4.69) is 21.2 Å². The van der Waals surface area contributed by atoms with Gasteiger partial charge in [-0.1, -0.05) is 11.7 Å². The highest BCUT2D eigenvalue weighted by Gasteiger charge is 2.61. The number of aliphatic hydroxyl groups is 1. The number of halogens is 3. The van der Waals surface area contributed by atoms with Gasteiger partial charge in [0, 0.05) is 18.6 Å². The molecule has 0 radical (unpaired) electrons. The molecule has 0 fully saturated rings. The molecule has 2 rings (SSSR count). The molecular formula is C11H11F3N4O2. The lowest BCUT2D eigenvalue weighted by Gasteiger charge is -2.29. The summed E-state index contributed by atoms with van der Waals surface area (Å²) in [7, 11) is 0. The minimum absolute atomic E-state index is 0.180. The van der Waals surface area contributed by atoms with Gasteiger partial charge in [-0.3, -0.25) is 0 Å². The van der Waals surface area contributed by atoms with E-state index in [-0.39, 0.29) is 5.69 Å². The number of aryl methyl sites for hydroxylation is 1. The third-order valence-electron chi connectivity index (χ3n) is 2.85. The second-order valence-electron chi connectivity index (χ2n) is 4.06. The lowest BCUT2D eigenvalue weighted by molar-refractivity contribution is -0.251. The van der Waals surface area contributed by atoms with E-state index >= 15 is 0 Å². The predicted molar refractivity (Wildman–Crippen MR) is 63.3 cm³/mol. The summed E-state index contributed by atoms with van der Waals surface area (Å²) in [5.41, 5.74) is 1.06. The first-order valence-electron chi connectivity index (χ1n) is 5.40. The summed E-state index contributed by atoms with van der Waals surface area (Å²) in [6, 6.07) is 0. The number of hydrogen-bond acceptors (Lipinski definition) is 5. The molecule has 0 aliphatic heterocycles. The number of aromatic nitrogens is 3. The van der Waals surface area contributed by atoms with Gasteiger partial charge in [0.1, 0.15) is 0 Å². The molecule has 2 aromatic heterocycles. The van der Waals surface area contributed by atoms with Gasteiger partial charge in [-0.2, -0.15) is 13.2 Å². The molecule has 9 heteroatoms. The van der Waals surface area contributed by atoms with Gasteiger partial charge in [0.2, 0.25) is 5.88 Å². The van der Waals surface area contributed by atoms with E-state index < -0.39 is 29.0 Å². The van der Waals surface area contributed by atoms with Crippen LogP contribution in [-0.4, -0.2) is 26.0 Å². The summed E-state index contributed by atoms with van der Waals surface area (Å²) in [6.07, 6.45) is -1.67. The van der Waals surface area contributed by atoms with Crippen LogP contribution in [0.3, 0.4) is 0 Å². The maximum Gasteiger partial charge on any atom is 0.429 e. The van der Waals surface area contributed by atoms with Gasteiger partial charge in [0.15, 0.2) is 5.82 Å². The van der Waals surface area contributed by atoms with Crippen molar-refractivity contribution in [1.29, 1.82) is 0 Å². The number of imidazole rings is 1. The molecule has 0 bridgehead atoms. The fourth-order valence-electron chi connectivity index (χ4n) is 1.95. The first-order valence-corrected chi connectivity index (χ1v) is 5.40. The van der Waals surface area contributed by atoms with Crippen LogP contribution in [0.25, 0.3) is 6.20 Å². The van der Waals surface area contributed by atoms with Crippen LogP contribution in [0.15, 0.2) is 23.5 Å². The summed E-state index contributed by atoms with van der Waals surface area (Å²) in [4.78, 5) is 3.56. The summed E-state index contributed by atoms with van der Waals surface area (Å²) in [5.74, 6) is -1.32. The monoisotopic (exact) mass is 288 g/mol. The van der Waals surface area contributed by atoms with Gasteiger partial charge >= 0.3 is 6.18 Å². The Bertz CT molecular complexity index is 627. The Morgan fingerprint density at radius 3 is 2.60 bits per heavy atom. The van der Waals surface area contributed by atoms with Crippen molar-refractivity contribution in [2.24, 2.45) is 0 Å². The van der Waals surface area contributed by atoms with Crippen molar-refractivity contribution in [2.45, 2.75) is 18.7 Å². The van der Waals surface area contributed by atoms with Gasteiger partial charge in [-0.15, -0.1) is 0 Å². The summed E-state index contributed by atoms with van der Waals surface area (Å²) in [6.45, 7) is 4.60. The Morgan fingerprint density at radius 2 is 2.15 bits per heavy atom. The fourth-order valence-corrected chi connectivity index (χ4v) is 1.95. The molecule has 2 aromatic rings. The Kier molecular flexibility index (Phi) is 3.09. The van der Waals surface area contributed by atoms with Gasteiger partial charge in [-0.25, -0.2) is 4.98 Å². The van der Waals surface area contributed by atoms with E-state index in [0.717, 1.165) is 17.0 Å². The maximum atomic E-state index is 13.4. The molecule has 0 saturated carbocycles. The highest BCUT2D eigenvalue weighted by Crippen LogP contribution is 2.46. The van der Waals surface area contributed by atoms with Crippen LogP contribution in [0, 0.1) is 6.92 Å². The lowest BCUT2D eigenvalue weighted by atomic mass is 9.91. The molecule has 0 amide bonds. The van der Waals surface area contributed by atoms with E-state index in [4.69, 9.17) is 5.73 Å². The zero-order chi connectivity index (χ0) is 15.1. The van der Waals surface area contributed by atoms with Gasteiger partial charge < -0.3 is 19.9 Å². The number of rotatable bonds is 3. The predicted octanol–water partition coefficient (Wildman–Crippen LogP) is 1.66. The molecule has 0 aromatic carbocycles. The van der Waals surface area contributed by atoms with Crippen LogP contribution >= 0.6 is 0 Å². The van der Waals surface area contributed by atoms with Crippen LogP contribution in [0.5, 0.6) is 0 Å². The molecular weight excluding hydrogens is 277 g/mol. The van der Waals surface area contributed by atoms with Crippen molar-refractivity contribution in [3.05, 3.63) is 36.1 Å². The molecule has 108 valence electrons. The maximum absolute atomic E-state index is 13.4. The standard InChI is InChI=1S/C11H11F3N4O2/c1-3-18-5-4-16-9(18)10(19,11(12,13)14)7-6(2)17-20-8(7)15/h3-5,19H,1,15H2,2H3. The van der Waals surface area contributed by atoms with Crippen molar-refractivity contribution in [1.82, 2.24) is 14.7 Å². The Labute approximate surface area is 111 Å². The van der Waals surface area contributed by atoms with Crippen LogP contribution in [0.1, 0.15) is 17.1 Å². The average Bonchev–Trinajstić information content (AvgIpc) is 2.94. The number of alkyl halides is 3. The first kappa shape index (κ1) is 14.1. The van der Waals surface area contributed by atoms with Crippen molar-refractivity contribution >= 4 is 12.1 Å². The van der Waals surface area contributed by atoms with Crippen LogP contribution in [0.4, 0.5) is 19.1 Å². The summed E-state index contributed by atoms with van der Waals surface area (Å²) >= 11 is 0. The topological polar surface area (TPSA) is 90.1 Å². The molecule has 6 nitrogen and oxygen atoms in total. The molecule has 1 atom stereocenters. The summed E-state index contributed by atoms with van der Waals surface area (Å²) < 4.78 is 45.8. The van der Waals surface area contributed by atoms with E-state index in [1.807, 2.05) is 0 Å². The van der Waals surface area contributed by atoms with Crippen molar-refractivity contribution < 1.29 is 22.8 Å². The molecule has 20 heavy (non-hydrogen) atoms. The number of nitrogens with two attached hydrogens (primary N) is 1. The van der Waals surface area contributed by atoms with Crippen molar-refractivity contribution in [2.75, 3.05) is 5.73 Å². The molecule has 0 aliphatic rings.